The van der Waals surface area contributed by atoms with Crippen LogP contribution in [0.3, 0.4) is 0 Å². The third-order valence-electron chi connectivity index (χ3n) is 3.47. The fourth-order valence-electron chi connectivity index (χ4n) is 2.41. The van der Waals surface area contributed by atoms with E-state index < -0.39 is 0 Å². The lowest BCUT2D eigenvalue weighted by atomic mass is 10.0. The molecule has 1 unspecified atom stereocenters. The summed E-state index contributed by atoms with van der Waals surface area (Å²) in [5.41, 5.74) is 2.37. The summed E-state index contributed by atoms with van der Waals surface area (Å²) in [6, 6.07) is 8.13. The highest BCUT2D eigenvalue weighted by atomic mass is 35.5. The third kappa shape index (κ3) is 4.22. The monoisotopic (exact) mass is 325 g/mol. The van der Waals surface area contributed by atoms with Gasteiger partial charge in [-0.1, -0.05) is 36.2 Å². The molecule has 0 fully saturated rings. The molecule has 0 saturated carbocycles. The highest BCUT2D eigenvalue weighted by molar-refractivity contribution is 6.42. The first-order valence-corrected chi connectivity index (χ1v) is 8.10. The van der Waals surface area contributed by atoms with Gasteiger partial charge in [0.15, 0.2) is 0 Å². The smallest absolute Gasteiger partial charge is 0.0595 e. The molecule has 0 amide bonds. The zero-order valence-corrected chi connectivity index (χ0v) is 14.0. The van der Waals surface area contributed by atoms with Crippen LogP contribution in [0.4, 0.5) is 0 Å². The van der Waals surface area contributed by atoms with Crippen molar-refractivity contribution in [2.45, 2.75) is 39.3 Å². The SMILES string of the molecule is CCCNC(Cc1ccc(Cl)c(Cl)c1)c1ccnn1CC. The Morgan fingerprint density at radius 3 is 2.67 bits per heavy atom. The summed E-state index contributed by atoms with van der Waals surface area (Å²) in [6.07, 6.45) is 3.81. The molecular formula is C16H21Cl2N3. The van der Waals surface area contributed by atoms with Crippen LogP contribution in [0.25, 0.3) is 0 Å². The van der Waals surface area contributed by atoms with Gasteiger partial charge in [0.25, 0.3) is 0 Å². The van der Waals surface area contributed by atoms with E-state index in [9.17, 15) is 0 Å². The van der Waals surface area contributed by atoms with E-state index in [4.69, 9.17) is 23.2 Å². The predicted octanol–water partition coefficient (Wildman–Crippen LogP) is 4.49. The number of rotatable bonds is 7. The Morgan fingerprint density at radius 1 is 1.19 bits per heavy atom. The van der Waals surface area contributed by atoms with Gasteiger partial charge in [-0.25, -0.2) is 0 Å². The van der Waals surface area contributed by atoms with E-state index in [1.807, 2.05) is 29.1 Å². The Bertz CT molecular complexity index is 581. The maximum absolute atomic E-state index is 6.12. The molecule has 1 aromatic heterocycles. The largest absolute Gasteiger partial charge is 0.308 e. The van der Waals surface area contributed by atoms with Gasteiger partial charge in [0.1, 0.15) is 0 Å². The summed E-state index contributed by atoms with van der Waals surface area (Å²) in [6.45, 7) is 6.11. The van der Waals surface area contributed by atoms with E-state index >= 15 is 0 Å². The number of nitrogens with zero attached hydrogens (tertiary/aromatic N) is 2. The van der Waals surface area contributed by atoms with E-state index in [1.54, 1.807) is 0 Å². The third-order valence-corrected chi connectivity index (χ3v) is 4.21. The molecule has 0 saturated heterocycles. The zero-order chi connectivity index (χ0) is 15.2. The van der Waals surface area contributed by atoms with Crippen LogP contribution in [0.5, 0.6) is 0 Å². The van der Waals surface area contributed by atoms with Crippen LogP contribution >= 0.6 is 23.2 Å². The van der Waals surface area contributed by atoms with Gasteiger partial charge in [0, 0.05) is 12.7 Å². The van der Waals surface area contributed by atoms with Gasteiger partial charge in [0.05, 0.1) is 21.8 Å². The average Bonchev–Trinajstić information content (AvgIpc) is 2.95. The van der Waals surface area contributed by atoms with Crippen LogP contribution in [-0.4, -0.2) is 16.3 Å². The maximum Gasteiger partial charge on any atom is 0.0595 e. The van der Waals surface area contributed by atoms with Gasteiger partial charge in [-0.05, 0) is 50.1 Å². The molecule has 1 heterocycles. The second-order valence-corrected chi connectivity index (χ2v) is 5.85. The Kier molecular flexibility index (Phi) is 6.09. The number of hydrogen-bond donors (Lipinski definition) is 1. The zero-order valence-electron chi connectivity index (χ0n) is 12.4. The van der Waals surface area contributed by atoms with Crippen LogP contribution in [-0.2, 0) is 13.0 Å². The summed E-state index contributed by atoms with van der Waals surface area (Å²) in [7, 11) is 0. The molecule has 1 N–H and O–H groups in total. The van der Waals surface area contributed by atoms with Gasteiger partial charge in [-0.2, -0.15) is 5.10 Å². The van der Waals surface area contributed by atoms with Crippen molar-refractivity contribution in [1.29, 1.82) is 0 Å². The number of aromatic nitrogens is 2. The normalized spacial score (nSPS) is 12.6. The van der Waals surface area contributed by atoms with Crippen LogP contribution < -0.4 is 5.32 Å². The lowest BCUT2D eigenvalue weighted by Crippen LogP contribution is -2.26. The molecule has 114 valence electrons. The van der Waals surface area contributed by atoms with Crippen molar-refractivity contribution >= 4 is 23.2 Å². The lowest BCUT2D eigenvalue weighted by Gasteiger charge is -2.20. The summed E-state index contributed by atoms with van der Waals surface area (Å²) in [5, 5.41) is 9.16. The van der Waals surface area contributed by atoms with E-state index in [-0.39, 0.29) is 6.04 Å². The fraction of sp³-hybridized carbons (Fsp3) is 0.438. The predicted molar refractivity (Wildman–Crippen MR) is 89.1 cm³/mol. The molecule has 1 atom stereocenters. The summed E-state index contributed by atoms with van der Waals surface area (Å²) in [5.74, 6) is 0. The Labute approximate surface area is 136 Å². The van der Waals surface area contributed by atoms with Crippen LogP contribution in [0.15, 0.2) is 30.5 Å². The molecule has 5 heteroatoms. The molecule has 0 aliphatic carbocycles. The van der Waals surface area contributed by atoms with E-state index in [1.165, 1.54) is 11.3 Å². The second-order valence-electron chi connectivity index (χ2n) is 5.03. The first-order chi connectivity index (χ1) is 10.2. The number of hydrogen-bond acceptors (Lipinski definition) is 2. The Morgan fingerprint density at radius 2 is 2.00 bits per heavy atom. The van der Waals surface area contributed by atoms with Crippen molar-refractivity contribution < 1.29 is 0 Å². The van der Waals surface area contributed by atoms with Crippen molar-refractivity contribution in [2.75, 3.05) is 6.54 Å². The van der Waals surface area contributed by atoms with E-state index in [2.05, 4.69) is 30.3 Å². The number of halogens is 2. The van der Waals surface area contributed by atoms with Crippen LogP contribution in [0.1, 0.15) is 37.6 Å². The lowest BCUT2D eigenvalue weighted by molar-refractivity contribution is 0.479. The Hall–Kier alpha value is -1.03. The van der Waals surface area contributed by atoms with E-state index in [0.29, 0.717) is 10.0 Å². The minimum Gasteiger partial charge on any atom is -0.308 e. The quantitative estimate of drug-likeness (QED) is 0.812. The van der Waals surface area contributed by atoms with Crippen molar-refractivity contribution in [1.82, 2.24) is 15.1 Å². The van der Waals surface area contributed by atoms with Crippen molar-refractivity contribution in [2.24, 2.45) is 0 Å². The molecule has 1 aromatic carbocycles. The van der Waals surface area contributed by atoms with Gasteiger partial charge < -0.3 is 5.32 Å². The molecule has 0 radical (unpaired) electrons. The molecule has 0 spiro atoms. The number of benzene rings is 1. The van der Waals surface area contributed by atoms with Gasteiger partial charge in [-0.3, -0.25) is 4.68 Å². The topological polar surface area (TPSA) is 29.9 Å². The van der Waals surface area contributed by atoms with Gasteiger partial charge in [-0.15, -0.1) is 0 Å². The molecule has 21 heavy (non-hydrogen) atoms. The first kappa shape index (κ1) is 16.3. The molecule has 0 aliphatic rings. The maximum atomic E-state index is 6.12. The van der Waals surface area contributed by atoms with Gasteiger partial charge in [0.2, 0.25) is 0 Å². The molecule has 3 nitrogen and oxygen atoms in total. The summed E-state index contributed by atoms with van der Waals surface area (Å²) >= 11 is 12.1. The van der Waals surface area contributed by atoms with Crippen molar-refractivity contribution in [3.05, 3.63) is 51.8 Å². The van der Waals surface area contributed by atoms with Crippen LogP contribution in [0.2, 0.25) is 10.0 Å². The first-order valence-electron chi connectivity index (χ1n) is 7.34. The van der Waals surface area contributed by atoms with E-state index in [0.717, 1.165) is 25.9 Å². The second kappa shape index (κ2) is 7.83. The van der Waals surface area contributed by atoms with Crippen molar-refractivity contribution in [3.63, 3.8) is 0 Å². The average molecular weight is 326 g/mol. The van der Waals surface area contributed by atoms with Crippen LogP contribution in [0, 0.1) is 0 Å². The minimum absolute atomic E-state index is 0.227. The molecule has 2 rings (SSSR count). The minimum atomic E-state index is 0.227. The van der Waals surface area contributed by atoms with Gasteiger partial charge >= 0.3 is 0 Å². The molecular weight excluding hydrogens is 305 g/mol. The molecule has 0 aliphatic heterocycles. The fourth-order valence-corrected chi connectivity index (χ4v) is 2.73. The summed E-state index contributed by atoms with van der Waals surface area (Å²) in [4.78, 5) is 0. The summed E-state index contributed by atoms with van der Waals surface area (Å²) < 4.78 is 2.03. The highest BCUT2D eigenvalue weighted by Crippen LogP contribution is 2.25. The molecule has 2 aromatic rings. The number of aryl methyl sites for hydroxylation is 1. The highest BCUT2D eigenvalue weighted by Gasteiger charge is 2.16. The number of nitrogens with one attached hydrogen (secondary N) is 1. The standard InChI is InChI=1S/C16H21Cl2N3/c1-3-8-19-15(16-7-9-20-21(16)4-2)11-12-5-6-13(17)14(18)10-12/h5-7,9-10,15,19H,3-4,8,11H2,1-2H3. The Balaban J connectivity index is 2.21. The van der Waals surface area contributed by atoms with Crippen molar-refractivity contribution in [3.8, 4) is 0 Å². The molecule has 0 bridgehead atoms.